The van der Waals surface area contributed by atoms with E-state index in [4.69, 9.17) is 0 Å². The van der Waals surface area contributed by atoms with Gasteiger partial charge in [0.1, 0.15) is 5.69 Å². The lowest BCUT2D eigenvalue weighted by atomic mass is 10.2. The van der Waals surface area contributed by atoms with Gasteiger partial charge in [-0.2, -0.15) is 5.10 Å². The molecule has 0 aromatic carbocycles. The van der Waals surface area contributed by atoms with E-state index in [1.54, 1.807) is 13.0 Å². The number of imidazole rings is 1. The molecule has 0 aliphatic carbocycles. The van der Waals surface area contributed by atoms with Crippen LogP contribution in [0.2, 0.25) is 0 Å². The molecule has 9 nitrogen and oxygen atoms in total. The molecule has 1 fully saturated rings. The van der Waals surface area contributed by atoms with Gasteiger partial charge in [-0.3, -0.25) is 14.6 Å². The highest BCUT2D eigenvalue weighted by atomic mass is 19.3. The van der Waals surface area contributed by atoms with Gasteiger partial charge in [0, 0.05) is 19.2 Å². The van der Waals surface area contributed by atoms with E-state index in [9.17, 15) is 23.2 Å². The van der Waals surface area contributed by atoms with E-state index in [2.05, 4.69) is 20.1 Å². The van der Waals surface area contributed by atoms with Gasteiger partial charge in [-0.15, -0.1) is 0 Å². The van der Waals surface area contributed by atoms with Crippen LogP contribution in [0.3, 0.4) is 0 Å². The summed E-state index contributed by atoms with van der Waals surface area (Å²) in [5.41, 5.74) is 0.142. The number of carbonyl (C=O) groups is 1. The molecule has 0 atom stereocenters. The number of fused-ring (bicyclic) bond motifs is 1. The number of nitrogens with one attached hydrogen (secondary N) is 2. The second kappa shape index (κ2) is 5.83. The van der Waals surface area contributed by atoms with Gasteiger partial charge in [0.25, 0.3) is 17.4 Å². The number of alkyl halides is 2. The zero-order valence-corrected chi connectivity index (χ0v) is 14.1. The number of H-pyrrole nitrogens is 2. The van der Waals surface area contributed by atoms with E-state index in [1.165, 1.54) is 16.9 Å². The molecule has 1 aliphatic rings. The van der Waals surface area contributed by atoms with Crippen molar-refractivity contribution in [3.63, 3.8) is 0 Å². The molecule has 0 saturated carbocycles. The van der Waals surface area contributed by atoms with Crippen LogP contribution < -0.4 is 11.2 Å². The van der Waals surface area contributed by atoms with E-state index in [0.29, 0.717) is 11.2 Å². The van der Waals surface area contributed by atoms with Crippen molar-refractivity contribution in [1.82, 2.24) is 29.5 Å². The third-order valence-electron chi connectivity index (χ3n) is 4.38. The predicted molar refractivity (Wildman–Crippen MR) is 89.9 cm³/mol. The molecule has 2 N–H and O–H groups in total. The predicted octanol–water partition coefficient (Wildman–Crippen LogP) is 0.563. The zero-order chi connectivity index (χ0) is 19.3. The summed E-state index contributed by atoms with van der Waals surface area (Å²) in [4.78, 5) is 45.3. The van der Waals surface area contributed by atoms with E-state index in [1.807, 2.05) is 0 Å². The number of hydrogen-bond donors (Lipinski definition) is 2. The number of nitrogens with zero attached hydrogens (tertiary/aromatic N) is 4. The molecule has 0 bridgehead atoms. The summed E-state index contributed by atoms with van der Waals surface area (Å²) < 4.78 is 28.0. The molecule has 27 heavy (non-hydrogen) atoms. The van der Waals surface area contributed by atoms with Crippen molar-refractivity contribution in [3.8, 4) is 11.3 Å². The second-order valence-corrected chi connectivity index (χ2v) is 6.43. The first-order chi connectivity index (χ1) is 12.7. The first kappa shape index (κ1) is 17.1. The van der Waals surface area contributed by atoms with E-state index in [-0.39, 0.29) is 29.9 Å². The fraction of sp³-hybridized carbons (Fsp3) is 0.312. The minimum Gasteiger partial charge on any atom is -0.331 e. The fourth-order valence-corrected chi connectivity index (χ4v) is 3.04. The standard InChI is InChI=1S/C16H14F2N6O3/c1-8-4-10(9-5-19-15(27)21-13(9)25)22-24-6-11(20-12(8)24)14(26)23-3-2-16(17,18)7-23/h4-6H,2-3,7H2,1H3,(H2,19,21,25,27). The fourth-order valence-electron chi connectivity index (χ4n) is 3.04. The topological polar surface area (TPSA) is 116 Å². The Kier molecular flexibility index (Phi) is 3.68. The molecule has 3 aromatic heterocycles. The van der Waals surface area contributed by atoms with Gasteiger partial charge in [-0.05, 0) is 18.6 Å². The quantitative estimate of drug-likeness (QED) is 0.678. The number of carbonyl (C=O) groups excluding carboxylic acids is 1. The van der Waals surface area contributed by atoms with Gasteiger partial charge in [0.15, 0.2) is 5.65 Å². The van der Waals surface area contributed by atoms with E-state index < -0.39 is 29.6 Å². The summed E-state index contributed by atoms with van der Waals surface area (Å²) in [6, 6.07) is 1.59. The van der Waals surface area contributed by atoms with Crippen LogP contribution in [0.5, 0.6) is 0 Å². The Balaban J connectivity index is 1.75. The maximum Gasteiger partial charge on any atom is 0.325 e. The van der Waals surface area contributed by atoms with Crippen molar-refractivity contribution in [2.24, 2.45) is 0 Å². The molecule has 0 spiro atoms. The van der Waals surface area contributed by atoms with Crippen molar-refractivity contribution in [3.05, 3.63) is 50.6 Å². The Labute approximate surface area is 149 Å². The molecule has 11 heteroatoms. The summed E-state index contributed by atoms with van der Waals surface area (Å²) in [5, 5.41) is 4.25. The lowest BCUT2D eigenvalue weighted by molar-refractivity contribution is 0.0119. The SMILES string of the molecule is Cc1cc(-c2c[nH]c(=O)[nH]c2=O)nn2cc(C(=O)N3CCC(F)(F)C3)nc12. The maximum absolute atomic E-state index is 13.4. The van der Waals surface area contributed by atoms with Gasteiger partial charge in [-0.1, -0.05) is 0 Å². The van der Waals surface area contributed by atoms with Crippen molar-refractivity contribution in [1.29, 1.82) is 0 Å². The summed E-state index contributed by atoms with van der Waals surface area (Å²) in [6.07, 6.45) is 2.21. The maximum atomic E-state index is 13.4. The highest BCUT2D eigenvalue weighted by Gasteiger charge is 2.41. The monoisotopic (exact) mass is 376 g/mol. The van der Waals surface area contributed by atoms with Crippen molar-refractivity contribution in [2.45, 2.75) is 19.3 Å². The third-order valence-corrected chi connectivity index (χ3v) is 4.38. The lowest BCUT2D eigenvalue weighted by Gasteiger charge is -2.14. The zero-order valence-electron chi connectivity index (χ0n) is 14.1. The van der Waals surface area contributed by atoms with Crippen LogP contribution in [0.1, 0.15) is 22.5 Å². The van der Waals surface area contributed by atoms with Gasteiger partial charge in [-0.25, -0.2) is 23.1 Å². The lowest BCUT2D eigenvalue weighted by Crippen LogP contribution is -2.31. The third kappa shape index (κ3) is 3.00. The molecule has 1 aliphatic heterocycles. The van der Waals surface area contributed by atoms with Gasteiger partial charge in [0.2, 0.25) is 0 Å². The van der Waals surface area contributed by atoms with Crippen LogP contribution in [-0.2, 0) is 0 Å². The number of rotatable bonds is 2. The van der Waals surface area contributed by atoms with Crippen LogP contribution in [0.15, 0.2) is 28.0 Å². The largest absolute Gasteiger partial charge is 0.331 e. The molecule has 4 rings (SSSR count). The number of likely N-dealkylation sites (tertiary alicyclic amines) is 1. The number of aromatic nitrogens is 5. The molecule has 1 amide bonds. The van der Waals surface area contributed by atoms with Crippen LogP contribution in [0, 0.1) is 6.92 Å². The average molecular weight is 376 g/mol. The van der Waals surface area contributed by atoms with Gasteiger partial charge >= 0.3 is 5.69 Å². The number of aryl methyl sites for hydroxylation is 1. The highest BCUT2D eigenvalue weighted by Crippen LogP contribution is 2.28. The minimum absolute atomic E-state index is 0.00386. The van der Waals surface area contributed by atoms with Gasteiger partial charge < -0.3 is 9.88 Å². The smallest absolute Gasteiger partial charge is 0.325 e. The molecular weight excluding hydrogens is 362 g/mol. The van der Waals surface area contributed by atoms with Gasteiger partial charge in [0.05, 0.1) is 24.0 Å². The number of aromatic amines is 2. The van der Waals surface area contributed by atoms with Crippen LogP contribution in [0.4, 0.5) is 8.78 Å². The summed E-state index contributed by atoms with van der Waals surface area (Å²) in [6.45, 7) is 1.04. The average Bonchev–Trinajstić information content (AvgIpc) is 3.17. The first-order valence-electron chi connectivity index (χ1n) is 8.10. The normalized spacial score (nSPS) is 16.2. The number of halogens is 2. The van der Waals surface area contributed by atoms with Crippen LogP contribution >= 0.6 is 0 Å². The van der Waals surface area contributed by atoms with E-state index in [0.717, 1.165) is 4.90 Å². The summed E-state index contributed by atoms with van der Waals surface area (Å²) in [7, 11) is 0. The molecule has 0 radical (unpaired) electrons. The highest BCUT2D eigenvalue weighted by molar-refractivity contribution is 5.93. The molecule has 1 saturated heterocycles. The summed E-state index contributed by atoms with van der Waals surface area (Å²) in [5.74, 6) is -3.48. The van der Waals surface area contributed by atoms with Crippen LogP contribution in [-0.4, -0.2) is 54.4 Å². The van der Waals surface area contributed by atoms with Crippen molar-refractivity contribution in [2.75, 3.05) is 13.1 Å². The number of hydrogen-bond acceptors (Lipinski definition) is 5. The molecule has 0 unspecified atom stereocenters. The second-order valence-electron chi connectivity index (χ2n) is 6.43. The van der Waals surface area contributed by atoms with E-state index >= 15 is 0 Å². The Morgan fingerprint density at radius 3 is 2.78 bits per heavy atom. The van der Waals surface area contributed by atoms with Crippen LogP contribution in [0.25, 0.3) is 16.9 Å². The Morgan fingerprint density at radius 1 is 1.33 bits per heavy atom. The number of amides is 1. The minimum atomic E-state index is -2.89. The van der Waals surface area contributed by atoms with Crippen molar-refractivity contribution < 1.29 is 13.6 Å². The van der Waals surface area contributed by atoms with Crippen molar-refractivity contribution >= 4 is 11.6 Å². The molecule has 140 valence electrons. The Hall–Kier alpha value is -3.37. The molecule has 3 aromatic rings. The Morgan fingerprint density at radius 2 is 2.11 bits per heavy atom. The molecular formula is C16H14F2N6O3. The summed E-state index contributed by atoms with van der Waals surface area (Å²) >= 11 is 0. The molecule has 4 heterocycles. The Bertz CT molecular complexity index is 1180. The first-order valence-corrected chi connectivity index (χ1v) is 8.10.